The van der Waals surface area contributed by atoms with Crippen LogP contribution in [0.4, 0.5) is 0 Å². The maximum atomic E-state index is 9.72. The molecule has 0 aromatic rings. The lowest BCUT2D eigenvalue weighted by atomic mass is 10.6. The van der Waals surface area contributed by atoms with Gasteiger partial charge in [0.15, 0.2) is 0 Å². The Hall–Kier alpha value is -1.36. The Morgan fingerprint density at radius 2 is 1.58 bits per heavy atom. The lowest BCUT2D eigenvalue weighted by Gasteiger charge is -2.29. The largest absolute Gasteiger partial charge is 0.372 e. The highest BCUT2D eigenvalue weighted by atomic mass is 16.3. The number of nitrogens with one attached hydrogen (secondary N) is 2. The molecule has 0 aliphatic carbocycles. The number of hydrogen-bond acceptors (Lipinski definition) is 5. The Bertz CT molecular complexity index is 193. The van der Waals surface area contributed by atoms with E-state index < -0.39 is 6.35 Å². The molecule has 0 bridgehead atoms. The molecule has 0 radical (unpaired) electrons. The number of aliphatic hydroxyl groups excluding tert-OH is 1. The van der Waals surface area contributed by atoms with Crippen LogP contribution < -0.4 is 10.6 Å². The smallest absolute Gasteiger partial charge is 0.209 e. The van der Waals surface area contributed by atoms with Crippen molar-refractivity contribution in [2.45, 2.75) is 6.35 Å². The molecule has 2 heterocycles. The van der Waals surface area contributed by atoms with Gasteiger partial charge in [-0.25, -0.2) is 0 Å². The average Bonchev–Trinajstić information content (AvgIpc) is 2.77. The van der Waals surface area contributed by atoms with Gasteiger partial charge < -0.3 is 25.5 Å². The van der Waals surface area contributed by atoms with Gasteiger partial charge in [0.05, 0.1) is 13.3 Å². The molecule has 0 unspecified atom stereocenters. The molecule has 2 aliphatic heterocycles. The van der Waals surface area contributed by atoms with Gasteiger partial charge in [-0.1, -0.05) is 0 Å². The highest BCUT2D eigenvalue weighted by molar-refractivity contribution is 4.93. The highest BCUT2D eigenvalue weighted by Crippen LogP contribution is 2.07. The molecule has 2 aliphatic rings. The maximum absolute atomic E-state index is 9.72. The van der Waals surface area contributed by atoms with E-state index in [1.54, 1.807) is 9.80 Å². The number of aliphatic hydroxyl groups is 1. The third-order valence-corrected chi connectivity index (χ3v) is 1.91. The SMILES string of the molecule is OC(N1C=CNC1)N1C=CNC1. The summed E-state index contributed by atoms with van der Waals surface area (Å²) < 4.78 is 0. The highest BCUT2D eigenvalue weighted by Gasteiger charge is 2.20. The van der Waals surface area contributed by atoms with Crippen molar-refractivity contribution in [1.29, 1.82) is 0 Å². The third kappa shape index (κ3) is 1.18. The normalized spacial score (nSPS) is 20.5. The van der Waals surface area contributed by atoms with Gasteiger partial charge in [0.1, 0.15) is 0 Å². The minimum atomic E-state index is -0.581. The van der Waals surface area contributed by atoms with Crippen molar-refractivity contribution < 1.29 is 5.11 Å². The van der Waals surface area contributed by atoms with Crippen molar-refractivity contribution in [3.8, 4) is 0 Å². The summed E-state index contributed by atoms with van der Waals surface area (Å²) in [6, 6.07) is 0. The van der Waals surface area contributed by atoms with E-state index in [1.807, 2.05) is 24.8 Å². The minimum absolute atomic E-state index is 0.581. The van der Waals surface area contributed by atoms with Gasteiger partial charge in [-0.2, -0.15) is 0 Å². The van der Waals surface area contributed by atoms with Gasteiger partial charge in [-0.3, -0.25) is 0 Å². The van der Waals surface area contributed by atoms with Crippen LogP contribution in [-0.2, 0) is 0 Å². The van der Waals surface area contributed by atoms with E-state index in [1.165, 1.54) is 0 Å². The predicted molar refractivity (Wildman–Crippen MR) is 44.0 cm³/mol. The van der Waals surface area contributed by atoms with Gasteiger partial charge in [-0.15, -0.1) is 0 Å². The zero-order chi connectivity index (χ0) is 8.39. The molecule has 0 amide bonds. The first-order chi connectivity index (χ1) is 5.88. The number of nitrogens with zero attached hydrogens (tertiary/aromatic N) is 2. The van der Waals surface area contributed by atoms with Crippen LogP contribution in [0.25, 0.3) is 0 Å². The Morgan fingerprint density at radius 1 is 1.08 bits per heavy atom. The number of hydrogen-bond donors (Lipinski definition) is 3. The Morgan fingerprint density at radius 3 is 1.92 bits per heavy atom. The molecule has 5 heteroatoms. The van der Waals surface area contributed by atoms with Crippen molar-refractivity contribution in [2.24, 2.45) is 0 Å². The Labute approximate surface area is 71.0 Å². The molecular formula is C7H12N4O. The Kier molecular flexibility index (Phi) is 1.79. The summed E-state index contributed by atoms with van der Waals surface area (Å²) in [5.41, 5.74) is 0. The van der Waals surface area contributed by atoms with Crippen molar-refractivity contribution in [3.05, 3.63) is 24.8 Å². The fraction of sp³-hybridized carbons (Fsp3) is 0.429. The van der Waals surface area contributed by atoms with Crippen molar-refractivity contribution in [1.82, 2.24) is 20.4 Å². The third-order valence-electron chi connectivity index (χ3n) is 1.91. The molecule has 0 spiro atoms. The van der Waals surface area contributed by atoms with Crippen LogP contribution in [0.5, 0.6) is 0 Å². The molecular weight excluding hydrogens is 156 g/mol. The zero-order valence-corrected chi connectivity index (χ0v) is 6.64. The molecule has 12 heavy (non-hydrogen) atoms. The molecule has 0 fully saturated rings. The minimum Gasteiger partial charge on any atom is -0.372 e. The van der Waals surface area contributed by atoms with E-state index in [4.69, 9.17) is 0 Å². The lowest BCUT2D eigenvalue weighted by Crippen LogP contribution is -2.44. The van der Waals surface area contributed by atoms with Crippen molar-refractivity contribution >= 4 is 0 Å². The first-order valence-corrected chi connectivity index (χ1v) is 3.87. The van der Waals surface area contributed by atoms with Gasteiger partial charge in [0, 0.05) is 24.8 Å². The second-order valence-electron chi connectivity index (χ2n) is 2.73. The van der Waals surface area contributed by atoms with Crippen LogP contribution >= 0.6 is 0 Å². The summed E-state index contributed by atoms with van der Waals surface area (Å²) >= 11 is 0. The summed E-state index contributed by atoms with van der Waals surface area (Å²) in [5.74, 6) is 0. The van der Waals surface area contributed by atoms with Gasteiger partial charge in [0.25, 0.3) is 0 Å². The first-order valence-electron chi connectivity index (χ1n) is 3.87. The molecule has 3 N–H and O–H groups in total. The summed E-state index contributed by atoms with van der Waals surface area (Å²) in [5, 5.41) is 15.7. The monoisotopic (exact) mass is 168 g/mol. The summed E-state index contributed by atoms with van der Waals surface area (Å²) in [7, 11) is 0. The second kappa shape index (κ2) is 2.94. The molecule has 2 rings (SSSR count). The van der Waals surface area contributed by atoms with Crippen molar-refractivity contribution in [3.63, 3.8) is 0 Å². The molecule has 5 nitrogen and oxygen atoms in total. The molecule has 0 saturated heterocycles. The quantitative estimate of drug-likeness (QED) is 0.490. The van der Waals surface area contributed by atoms with Crippen LogP contribution in [0.15, 0.2) is 24.8 Å². The lowest BCUT2D eigenvalue weighted by molar-refractivity contribution is -0.0619. The van der Waals surface area contributed by atoms with E-state index in [2.05, 4.69) is 10.6 Å². The topological polar surface area (TPSA) is 50.8 Å². The van der Waals surface area contributed by atoms with Crippen LogP contribution in [0, 0.1) is 0 Å². The van der Waals surface area contributed by atoms with E-state index >= 15 is 0 Å². The summed E-state index contributed by atoms with van der Waals surface area (Å²) in [4.78, 5) is 3.61. The standard InChI is InChI=1S/C7H12N4O/c12-7(10-3-1-8-5-10)11-4-2-9-6-11/h1-4,7-9,12H,5-6H2. The summed E-state index contributed by atoms with van der Waals surface area (Å²) in [6.07, 6.45) is 6.71. The van der Waals surface area contributed by atoms with E-state index in [-0.39, 0.29) is 0 Å². The van der Waals surface area contributed by atoms with E-state index in [0.29, 0.717) is 13.3 Å². The number of rotatable bonds is 2. The van der Waals surface area contributed by atoms with Crippen LogP contribution in [0.1, 0.15) is 0 Å². The molecule has 0 saturated carbocycles. The van der Waals surface area contributed by atoms with Crippen LogP contribution in [-0.4, -0.2) is 34.6 Å². The first kappa shape index (κ1) is 7.30. The predicted octanol–water partition coefficient (Wildman–Crippen LogP) is -1.07. The average molecular weight is 168 g/mol. The maximum Gasteiger partial charge on any atom is 0.209 e. The van der Waals surface area contributed by atoms with E-state index in [9.17, 15) is 5.11 Å². The fourth-order valence-corrected chi connectivity index (χ4v) is 1.23. The zero-order valence-electron chi connectivity index (χ0n) is 6.64. The molecule has 0 aromatic carbocycles. The van der Waals surface area contributed by atoms with Gasteiger partial charge >= 0.3 is 0 Å². The van der Waals surface area contributed by atoms with E-state index in [0.717, 1.165) is 0 Å². The second-order valence-corrected chi connectivity index (χ2v) is 2.73. The summed E-state index contributed by atoms with van der Waals surface area (Å²) in [6.45, 7) is 1.32. The molecule has 66 valence electrons. The molecule has 0 atom stereocenters. The van der Waals surface area contributed by atoms with Crippen molar-refractivity contribution in [2.75, 3.05) is 13.3 Å². The fourth-order valence-electron chi connectivity index (χ4n) is 1.23. The van der Waals surface area contributed by atoms with Gasteiger partial charge in [-0.05, 0) is 0 Å². The van der Waals surface area contributed by atoms with Gasteiger partial charge in [0.2, 0.25) is 6.35 Å². The molecule has 0 aromatic heterocycles. The van der Waals surface area contributed by atoms with Crippen LogP contribution in [0.3, 0.4) is 0 Å². The Balaban J connectivity index is 1.94. The van der Waals surface area contributed by atoms with Crippen LogP contribution in [0.2, 0.25) is 0 Å².